The Morgan fingerprint density at radius 2 is 1.76 bits per heavy atom. The molecule has 1 fully saturated rings. The molecule has 0 spiro atoms. The number of anilines is 1. The van der Waals surface area contributed by atoms with Gasteiger partial charge in [-0.15, -0.1) is 0 Å². The van der Waals surface area contributed by atoms with Crippen molar-refractivity contribution < 1.29 is 8.42 Å². The van der Waals surface area contributed by atoms with E-state index in [0.29, 0.717) is 10.1 Å². The second-order valence-corrected chi connectivity index (χ2v) is 8.24. The van der Waals surface area contributed by atoms with Gasteiger partial charge < -0.3 is 5.32 Å². The topological polar surface area (TPSA) is 58.2 Å². The van der Waals surface area contributed by atoms with E-state index in [9.17, 15) is 8.42 Å². The minimum Gasteiger partial charge on any atom is -0.385 e. The molecule has 2 rings (SSSR count). The highest BCUT2D eigenvalue weighted by Crippen LogP contribution is 2.27. The molecule has 0 aliphatic heterocycles. The maximum atomic E-state index is 12.4. The van der Waals surface area contributed by atoms with Gasteiger partial charge in [0, 0.05) is 23.5 Å². The van der Waals surface area contributed by atoms with E-state index >= 15 is 0 Å². The first-order valence-corrected chi connectivity index (χ1v) is 10.2. The molecule has 0 bridgehead atoms. The third-order valence-corrected chi connectivity index (χ3v) is 6.55. The zero-order chi connectivity index (χ0) is 15.3. The minimum absolute atomic E-state index is 0.0758. The molecule has 21 heavy (non-hydrogen) atoms. The van der Waals surface area contributed by atoms with Crippen LogP contribution in [0.25, 0.3) is 0 Å². The summed E-state index contributed by atoms with van der Waals surface area (Å²) in [5.41, 5.74) is 0.942. The lowest BCUT2D eigenvalue weighted by Gasteiger charge is -2.27. The summed E-state index contributed by atoms with van der Waals surface area (Å²) in [5.74, 6) is 0. The number of thioether (sulfide) groups is 1. The van der Waals surface area contributed by atoms with E-state index in [-0.39, 0.29) is 6.04 Å². The highest BCUT2D eigenvalue weighted by Gasteiger charge is 2.25. The Morgan fingerprint density at radius 3 is 2.29 bits per heavy atom. The summed E-state index contributed by atoms with van der Waals surface area (Å²) in [7, 11) is -3.40. The van der Waals surface area contributed by atoms with E-state index in [1.54, 1.807) is 12.1 Å². The molecule has 0 unspecified atom stereocenters. The Kier molecular flexibility index (Phi) is 5.96. The van der Waals surface area contributed by atoms with Crippen LogP contribution in [-0.2, 0) is 10.0 Å². The molecular weight excluding hydrogens is 304 g/mol. The largest absolute Gasteiger partial charge is 0.385 e. The Labute approximate surface area is 132 Å². The predicted octanol–water partition coefficient (Wildman–Crippen LogP) is 3.07. The summed E-state index contributed by atoms with van der Waals surface area (Å²) < 4.78 is 27.6. The molecule has 0 heterocycles. The van der Waals surface area contributed by atoms with Crippen molar-refractivity contribution in [3.05, 3.63) is 24.3 Å². The molecule has 1 aromatic rings. The molecule has 0 amide bonds. The number of hydrogen-bond donors (Lipinski definition) is 2. The minimum atomic E-state index is -3.40. The average molecular weight is 329 g/mol. The Bertz CT molecular complexity index is 535. The summed E-state index contributed by atoms with van der Waals surface area (Å²) in [6.45, 7) is 2.83. The summed E-state index contributed by atoms with van der Waals surface area (Å²) in [4.78, 5) is 0.344. The molecular formula is C15H24N2O2S2. The van der Waals surface area contributed by atoms with Crippen molar-refractivity contribution in [1.82, 2.24) is 4.72 Å². The van der Waals surface area contributed by atoms with Gasteiger partial charge in [-0.1, -0.05) is 0 Å². The first kappa shape index (κ1) is 16.6. The Balaban J connectivity index is 1.98. The average Bonchev–Trinajstić information content (AvgIpc) is 2.48. The van der Waals surface area contributed by atoms with Gasteiger partial charge in [-0.25, -0.2) is 13.1 Å². The quantitative estimate of drug-likeness (QED) is 0.842. The highest BCUT2D eigenvalue weighted by atomic mass is 32.2. The number of sulfonamides is 1. The fourth-order valence-electron chi connectivity index (χ4n) is 2.66. The highest BCUT2D eigenvalue weighted by molar-refractivity contribution is 7.99. The third-order valence-electron chi connectivity index (χ3n) is 3.87. The number of rotatable bonds is 6. The van der Waals surface area contributed by atoms with Crippen molar-refractivity contribution in [2.24, 2.45) is 0 Å². The molecule has 1 aliphatic rings. The number of hydrogen-bond acceptors (Lipinski definition) is 4. The summed E-state index contributed by atoms with van der Waals surface area (Å²) in [5, 5.41) is 3.85. The molecule has 0 atom stereocenters. The van der Waals surface area contributed by atoms with Crippen LogP contribution in [0.4, 0.5) is 5.69 Å². The van der Waals surface area contributed by atoms with Gasteiger partial charge in [-0.3, -0.25) is 0 Å². The summed E-state index contributed by atoms with van der Waals surface area (Å²) in [6, 6.07) is 7.01. The van der Waals surface area contributed by atoms with E-state index in [1.165, 1.54) is 0 Å². The van der Waals surface area contributed by atoms with Crippen molar-refractivity contribution in [1.29, 1.82) is 0 Å². The zero-order valence-corrected chi connectivity index (χ0v) is 14.3. The fraction of sp³-hybridized carbons (Fsp3) is 0.600. The Hall–Kier alpha value is -0.720. The molecule has 0 saturated heterocycles. The van der Waals surface area contributed by atoms with Crippen LogP contribution in [0.1, 0.15) is 32.6 Å². The Morgan fingerprint density at radius 1 is 1.14 bits per heavy atom. The van der Waals surface area contributed by atoms with Crippen LogP contribution >= 0.6 is 11.8 Å². The van der Waals surface area contributed by atoms with Crippen LogP contribution in [0.2, 0.25) is 0 Å². The van der Waals surface area contributed by atoms with Gasteiger partial charge in [0.25, 0.3) is 0 Å². The third kappa shape index (κ3) is 4.63. The van der Waals surface area contributed by atoms with E-state index in [2.05, 4.69) is 16.3 Å². The maximum absolute atomic E-state index is 12.4. The van der Waals surface area contributed by atoms with Crippen LogP contribution in [0.3, 0.4) is 0 Å². The normalized spacial score (nSPS) is 23.0. The molecule has 4 nitrogen and oxygen atoms in total. The van der Waals surface area contributed by atoms with Crippen LogP contribution < -0.4 is 10.0 Å². The lowest BCUT2D eigenvalue weighted by Crippen LogP contribution is -2.38. The first-order chi connectivity index (χ1) is 10.0. The van der Waals surface area contributed by atoms with Crippen molar-refractivity contribution in [3.63, 3.8) is 0 Å². The van der Waals surface area contributed by atoms with Crippen LogP contribution in [0.5, 0.6) is 0 Å². The second-order valence-electron chi connectivity index (χ2n) is 5.39. The predicted molar refractivity (Wildman–Crippen MR) is 90.5 cm³/mol. The summed E-state index contributed by atoms with van der Waals surface area (Å²) >= 11 is 1.88. The SMILES string of the molecule is CCNc1ccc(S(=O)(=O)NC2CCC(SC)CC2)cc1. The van der Waals surface area contributed by atoms with E-state index < -0.39 is 10.0 Å². The molecule has 0 aromatic heterocycles. The van der Waals surface area contributed by atoms with Crippen molar-refractivity contribution in [2.45, 2.75) is 48.8 Å². The van der Waals surface area contributed by atoms with E-state index in [1.807, 2.05) is 30.8 Å². The van der Waals surface area contributed by atoms with Crippen molar-refractivity contribution in [3.8, 4) is 0 Å². The van der Waals surface area contributed by atoms with Gasteiger partial charge in [0.05, 0.1) is 4.90 Å². The molecule has 1 saturated carbocycles. The second kappa shape index (κ2) is 7.51. The standard InChI is InChI=1S/C15H24N2O2S2/c1-3-16-12-6-10-15(11-7-12)21(18,19)17-13-4-8-14(20-2)9-5-13/h6-7,10-11,13-14,16-17H,3-5,8-9H2,1-2H3. The van der Waals surface area contributed by atoms with Crippen LogP contribution in [-0.4, -0.2) is 32.5 Å². The van der Waals surface area contributed by atoms with Gasteiger partial charge in [0.2, 0.25) is 10.0 Å². The number of nitrogens with one attached hydrogen (secondary N) is 2. The molecule has 0 radical (unpaired) electrons. The maximum Gasteiger partial charge on any atom is 0.240 e. The van der Waals surface area contributed by atoms with E-state index in [0.717, 1.165) is 37.9 Å². The zero-order valence-electron chi connectivity index (χ0n) is 12.6. The van der Waals surface area contributed by atoms with Crippen molar-refractivity contribution in [2.75, 3.05) is 18.1 Å². The molecule has 118 valence electrons. The molecule has 6 heteroatoms. The fourth-order valence-corrected chi connectivity index (χ4v) is 4.71. The smallest absolute Gasteiger partial charge is 0.240 e. The van der Waals surface area contributed by atoms with Gasteiger partial charge in [0.1, 0.15) is 0 Å². The van der Waals surface area contributed by atoms with Crippen molar-refractivity contribution >= 4 is 27.5 Å². The van der Waals surface area contributed by atoms with Gasteiger partial charge in [-0.2, -0.15) is 11.8 Å². The monoisotopic (exact) mass is 328 g/mol. The molecule has 1 aromatic carbocycles. The lowest BCUT2D eigenvalue weighted by atomic mass is 9.96. The van der Waals surface area contributed by atoms with Gasteiger partial charge >= 0.3 is 0 Å². The summed E-state index contributed by atoms with van der Waals surface area (Å²) in [6.07, 6.45) is 6.17. The van der Waals surface area contributed by atoms with Gasteiger partial charge in [-0.05, 0) is 63.1 Å². The van der Waals surface area contributed by atoms with Gasteiger partial charge in [0.15, 0.2) is 0 Å². The lowest BCUT2D eigenvalue weighted by molar-refractivity contribution is 0.420. The van der Waals surface area contributed by atoms with E-state index in [4.69, 9.17) is 0 Å². The molecule has 2 N–H and O–H groups in total. The number of benzene rings is 1. The van der Waals surface area contributed by atoms with Crippen LogP contribution in [0, 0.1) is 0 Å². The molecule has 1 aliphatic carbocycles. The first-order valence-electron chi connectivity index (χ1n) is 7.44. The van der Waals surface area contributed by atoms with Crippen LogP contribution in [0.15, 0.2) is 29.2 Å².